The van der Waals surface area contributed by atoms with Crippen molar-refractivity contribution in [2.45, 2.75) is 0 Å². The molecule has 3 nitrogen and oxygen atoms in total. The van der Waals surface area contributed by atoms with Gasteiger partial charge in [-0.05, 0) is 40.2 Å². The van der Waals surface area contributed by atoms with Crippen LogP contribution in [0.15, 0.2) is 53.1 Å². The normalized spacial score (nSPS) is 10.3. The summed E-state index contributed by atoms with van der Waals surface area (Å²) in [7, 11) is 0. The Labute approximate surface area is 128 Å². The fraction of sp³-hybridized carbons (Fsp3) is 0. The molecule has 0 spiro atoms. The van der Waals surface area contributed by atoms with Crippen molar-refractivity contribution in [2.75, 3.05) is 0 Å². The van der Waals surface area contributed by atoms with Crippen LogP contribution in [0.4, 0.5) is 4.39 Å². The molecule has 0 N–H and O–H groups in total. The van der Waals surface area contributed by atoms with Crippen molar-refractivity contribution in [1.29, 1.82) is 5.26 Å². The quantitative estimate of drug-likeness (QED) is 0.671. The highest BCUT2D eigenvalue weighted by Gasteiger charge is 2.13. The number of pyridine rings is 1. The number of halogens is 2. The van der Waals surface area contributed by atoms with Crippen LogP contribution in [0, 0.1) is 17.1 Å². The smallest absolute Gasteiger partial charge is 0.156 e. The molecule has 0 saturated heterocycles. The van der Waals surface area contributed by atoms with Gasteiger partial charge in [-0.3, -0.25) is 4.98 Å². The summed E-state index contributed by atoms with van der Waals surface area (Å²) in [6.45, 7) is 0. The van der Waals surface area contributed by atoms with Gasteiger partial charge in [-0.15, -0.1) is 0 Å². The van der Waals surface area contributed by atoms with E-state index in [1.54, 1.807) is 6.07 Å². The van der Waals surface area contributed by atoms with Gasteiger partial charge in [0.1, 0.15) is 23.2 Å². The van der Waals surface area contributed by atoms with E-state index < -0.39 is 5.82 Å². The molecular formula is C16H8BrFN2O. The van der Waals surface area contributed by atoms with Gasteiger partial charge >= 0.3 is 0 Å². The molecule has 3 aromatic rings. The lowest BCUT2D eigenvalue weighted by molar-refractivity contribution is 0.477. The Morgan fingerprint density at radius 3 is 2.81 bits per heavy atom. The Morgan fingerprint density at radius 1 is 1.19 bits per heavy atom. The summed E-state index contributed by atoms with van der Waals surface area (Å²) in [5.74, 6) is 0.266. The maximum absolute atomic E-state index is 13.4. The second-order valence-corrected chi connectivity index (χ2v) is 5.16. The first kappa shape index (κ1) is 13.5. The van der Waals surface area contributed by atoms with Gasteiger partial charge < -0.3 is 4.74 Å². The van der Waals surface area contributed by atoms with Crippen LogP contribution in [-0.2, 0) is 0 Å². The Morgan fingerprint density at radius 2 is 2.00 bits per heavy atom. The van der Waals surface area contributed by atoms with Crippen LogP contribution in [0.2, 0.25) is 0 Å². The number of ether oxygens (including phenoxy) is 1. The summed E-state index contributed by atoms with van der Waals surface area (Å²) in [5.41, 5.74) is 1.00. The minimum absolute atomic E-state index is 0.296. The highest BCUT2D eigenvalue weighted by Crippen LogP contribution is 2.35. The number of benzene rings is 2. The zero-order valence-corrected chi connectivity index (χ0v) is 12.3. The highest BCUT2D eigenvalue weighted by atomic mass is 79.9. The number of nitrogens with zero attached hydrogens (tertiary/aromatic N) is 2. The number of rotatable bonds is 2. The van der Waals surface area contributed by atoms with Crippen LogP contribution in [0.25, 0.3) is 10.9 Å². The summed E-state index contributed by atoms with van der Waals surface area (Å²) < 4.78 is 19.7. The summed E-state index contributed by atoms with van der Waals surface area (Å²) in [6.07, 6.45) is 1.45. The van der Waals surface area contributed by atoms with E-state index in [4.69, 9.17) is 4.74 Å². The molecule has 0 radical (unpaired) electrons. The molecule has 2 aromatic carbocycles. The van der Waals surface area contributed by atoms with Gasteiger partial charge in [0.05, 0.1) is 9.99 Å². The van der Waals surface area contributed by atoms with Crippen LogP contribution < -0.4 is 4.74 Å². The summed E-state index contributed by atoms with van der Waals surface area (Å²) in [4.78, 5) is 4.21. The van der Waals surface area contributed by atoms with Crippen molar-refractivity contribution in [3.05, 3.63) is 64.5 Å². The largest absolute Gasteiger partial charge is 0.454 e. The first-order valence-electron chi connectivity index (χ1n) is 6.10. The molecule has 0 aliphatic rings. The average molecular weight is 343 g/mol. The van der Waals surface area contributed by atoms with Gasteiger partial charge in [-0.25, -0.2) is 4.39 Å². The third kappa shape index (κ3) is 2.58. The van der Waals surface area contributed by atoms with Gasteiger partial charge in [0.15, 0.2) is 5.75 Å². The molecule has 1 heterocycles. The summed E-state index contributed by atoms with van der Waals surface area (Å²) >= 11 is 3.31. The van der Waals surface area contributed by atoms with E-state index in [9.17, 15) is 9.65 Å². The molecule has 102 valence electrons. The molecule has 5 heteroatoms. The predicted molar refractivity (Wildman–Crippen MR) is 80.6 cm³/mol. The van der Waals surface area contributed by atoms with Crippen molar-refractivity contribution in [3.63, 3.8) is 0 Å². The van der Waals surface area contributed by atoms with E-state index in [0.717, 1.165) is 0 Å². The lowest BCUT2D eigenvalue weighted by Crippen LogP contribution is -1.93. The van der Waals surface area contributed by atoms with Crippen molar-refractivity contribution in [1.82, 2.24) is 4.98 Å². The maximum Gasteiger partial charge on any atom is 0.156 e. The topological polar surface area (TPSA) is 45.9 Å². The monoisotopic (exact) mass is 342 g/mol. The number of nitriles is 1. The van der Waals surface area contributed by atoms with Gasteiger partial charge in [-0.2, -0.15) is 5.26 Å². The number of fused-ring (bicyclic) bond motifs is 1. The van der Waals surface area contributed by atoms with Crippen LogP contribution in [0.1, 0.15) is 5.56 Å². The van der Waals surface area contributed by atoms with E-state index >= 15 is 0 Å². The molecule has 0 bridgehead atoms. The Hall–Kier alpha value is -2.45. The Kier molecular flexibility index (Phi) is 3.55. The van der Waals surface area contributed by atoms with Crippen LogP contribution in [0.3, 0.4) is 0 Å². The zero-order valence-electron chi connectivity index (χ0n) is 10.7. The highest BCUT2D eigenvalue weighted by molar-refractivity contribution is 9.10. The third-order valence-electron chi connectivity index (χ3n) is 2.95. The summed E-state index contributed by atoms with van der Waals surface area (Å²) in [5, 5.41) is 9.93. The molecule has 0 atom stereocenters. The standard InChI is InChI=1S/C16H8BrFN2O/c17-13-6-5-11(18)7-15(13)21-16-10(8-19)9-20-14-4-2-1-3-12(14)16/h1-7,9H. The summed E-state index contributed by atoms with van der Waals surface area (Å²) in [6, 6.07) is 13.5. The Bertz CT molecular complexity index is 874. The van der Waals surface area contributed by atoms with Gasteiger partial charge in [0.25, 0.3) is 0 Å². The third-order valence-corrected chi connectivity index (χ3v) is 3.61. The molecule has 0 aliphatic carbocycles. The zero-order chi connectivity index (χ0) is 14.8. The second kappa shape index (κ2) is 5.51. The van der Waals surface area contributed by atoms with E-state index in [1.807, 2.05) is 30.3 Å². The molecule has 0 amide bonds. The second-order valence-electron chi connectivity index (χ2n) is 4.31. The number of hydrogen-bond acceptors (Lipinski definition) is 3. The van der Waals surface area contributed by atoms with E-state index in [1.165, 1.54) is 18.3 Å². The van der Waals surface area contributed by atoms with Crippen molar-refractivity contribution in [3.8, 4) is 17.6 Å². The fourth-order valence-electron chi connectivity index (χ4n) is 1.97. The number of hydrogen-bond donors (Lipinski definition) is 0. The van der Waals surface area contributed by atoms with Gasteiger partial charge in [-0.1, -0.05) is 12.1 Å². The molecule has 0 fully saturated rings. The lowest BCUT2D eigenvalue weighted by Gasteiger charge is -2.11. The van der Waals surface area contributed by atoms with Gasteiger partial charge in [0.2, 0.25) is 0 Å². The van der Waals surface area contributed by atoms with E-state index in [0.29, 0.717) is 32.4 Å². The molecule has 0 saturated carbocycles. The Balaban J connectivity index is 2.19. The fourth-order valence-corrected chi connectivity index (χ4v) is 2.30. The van der Waals surface area contributed by atoms with Crippen molar-refractivity contribution in [2.24, 2.45) is 0 Å². The first-order valence-corrected chi connectivity index (χ1v) is 6.89. The lowest BCUT2D eigenvalue weighted by atomic mass is 10.1. The van der Waals surface area contributed by atoms with Gasteiger partial charge in [0, 0.05) is 17.6 Å². The first-order chi connectivity index (χ1) is 10.2. The maximum atomic E-state index is 13.4. The van der Waals surface area contributed by atoms with Crippen molar-refractivity contribution >= 4 is 26.8 Å². The van der Waals surface area contributed by atoms with E-state index in [-0.39, 0.29) is 0 Å². The molecule has 21 heavy (non-hydrogen) atoms. The average Bonchev–Trinajstić information content (AvgIpc) is 2.51. The molecule has 0 aliphatic heterocycles. The van der Waals surface area contributed by atoms with E-state index in [2.05, 4.69) is 20.9 Å². The molecule has 3 rings (SSSR count). The molecule has 1 aromatic heterocycles. The van der Waals surface area contributed by atoms with Crippen LogP contribution in [-0.4, -0.2) is 4.98 Å². The SMILES string of the molecule is N#Cc1cnc2ccccc2c1Oc1cc(F)ccc1Br. The number of aromatic nitrogens is 1. The minimum Gasteiger partial charge on any atom is -0.454 e. The number of para-hydroxylation sites is 1. The predicted octanol–water partition coefficient (Wildman–Crippen LogP) is 4.80. The molecule has 0 unspecified atom stereocenters. The van der Waals surface area contributed by atoms with Crippen LogP contribution >= 0.6 is 15.9 Å². The van der Waals surface area contributed by atoms with Crippen molar-refractivity contribution < 1.29 is 9.13 Å². The minimum atomic E-state index is -0.412. The molecular weight excluding hydrogens is 335 g/mol. The van der Waals surface area contributed by atoms with Crippen LogP contribution in [0.5, 0.6) is 11.5 Å².